The summed E-state index contributed by atoms with van der Waals surface area (Å²) in [6, 6.07) is 13.5. The molecule has 4 heteroatoms. The van der Waals surface area contributed by atoms with Gasteiger partial charge >= 0.3 is 5.92 Å². The summed E-state index contributed by atoms with van der Waals surface area (Å²) in [5.74, 6) is -3.20. The van der Waals surface area contributed by atoms with Gasteiger partial charge in [0, 0.05) is 5.56 Å². The molecule has 0 atom stereocenters. The second kappa shape index (κ2) is 5.04. The standard InChI is InChI=1S/C14H12F2O2/c15-14(16,11-6-2-1-3-7-11)10-18-13-9-5-4-8-12(13)17/h1-9,17H,10H2. The van der Waals surface area contributed by atoms with E-state index >= 15 is 0 Å². The molecule has 94 valence electrons. The highest BCUT2D eigenvalue weighted by molar-refractivity contribution is 5.38. The van der Waals surface area contributed by atoms with Gasteiger partial charge in [0.1, 0.15) is 0 Å². The van der Waals surface area contributed by atoms with Crippen molar-refractivity contribution in [3.63, 3.8) is 0 Å². The van der Waals surface area contributed by atoms with Crippen LogP contribution < -0.4 is 4.74 Å². The molecule has 0 aliphatic carbocycles. The molecule has 2 rings (SSSR count). The summed E-state index contributed by atoms with van der Waals surface area (Å²) in [5, 5.41) is 9.41. The number of halogens is 2. The van der Waals surface area contributed by atoms with Crippen LogP contribution in [-0.2, 0) is 5.92 Å². The number of para-hydroxylation sites is 2. The van der Waals surface area contributed by atoms with E-state index in [1.165, 1.54) is 24.3 Å². The molecule has 0 heterocycles. The van der Waals surface area contributed by atoms with Gasteiger partial charge < -0.3 is 9.84 Å². The summed E-state index contributed by atoms with van der Waals surface area (Å²) in [4.78, 5) is 0. The van der Waals surface area contributed by atoms with Crippen molar-refractivity contribution in [3.8, 4) is 11.5 Å². The van der Waals surface area contributed by atoms with Crippen LogP contribution in [0.15, 0.2) is 54.6 Å². The molecule has 0 spiro atoms. The second-order valence-corrected chi connectivity index (χ2v) is 3.83. The normalized spacial score (nSPS) is 11.2. The van der Waals surface area contributed by atoms with E-state index in [0.29, 0.717) is 0 Å². The van der Waals surface area contributed by atoms with Gasteiger partial charge in [-0.15, -0.1) is 0 Å². The van der Waals surface area contributed by atoms with Gasteiger partial charge in [0.15, 0.2) is 18.1 Å². The van der Waals surface area contributed by atoms with Crippen LogP contribution >= 0.6 is 0 Å². The first-order chi connectivity index (χ1) is 8.59. The van der Waals surface area contributed by atoms with Crippen molar-refractivity contribution in [1.82, 2.24) is 0 Å². The average Bonchev–Trinajstić information content (AvgIpc) is 2.39. The maximum atomic E-state index is 13.8. The molecular formula is C14H12F2O2. The minimum Gasteiger partial charge on any atom is -0.504 e. The van der Waals surface area contributed by atoms with E-state index in [0.717, 1.165) is 0 Å². The first-order valence-electron chi connectivity index (χ1n) is 5.44. The Balaban J connectivity index is 2.08. The lowest BCUT2D eigenvalue weighted by Crippen LogP contribution is -2.23. The molecule has 0 unspecified atom stereocenters. The van der Waals surface area contributed by atoms with Crippen molar-refractivity contribution in [1.29, 1.82) is 0 Å². The lowest BCUT2D eigenvalue weighted by Gasteiger charge is -2.17. The number of hydrogen-bond acceptors (Lipinski definition) is 2. The van der Waals surface area contributed by atoms with Crippen molar-refractivity contribution in [3.05, 3.63) is 60.2 Å². The van der Waals surface area contributed by atoms with E-state index in [1.54, 1.807) is 30.3 Å². The monoisotopic (exact) mass is 250 g/mol. The summed E-state index contributed by atoms with van der Waals surface area (Å²) in [6.45, 7) is -0.811. The quantitative estimate of drug-likeness (QED) is 0.899. The van der Waals surface area contributed by atoms with Crippen molar-refractivity contribution in [2.45, 2.75) is 5.92 Å². The van der Waals surface area contributed by atoms with Crippen LogP contribution in [-0.4, -0.2) is 11.7 Å². The van der Waals surface area contributed by atoms with Crippen molar-refractivity contribution in [2.75, 3.05) is 6.61 Å². The van der Waals surface area contributed by atoms with E-state index < -0.39 is 12.5 Å². The molecule has 0 radical (unpaired) electrons. The molecule has 1 N–H and O–H groups in total. The zero-order valence-electron chi connectivity index (χ0n) is 9.51. The molecular weight excluding hydrogens is 238 g/mol. The van der Waals surface area contributed by atoms with Gasteiger partial charge in [-0.25, -0.2) is 0 Å². The van der Waals surface area contributed by atoms with Crippen molar-refractivity contribution < 1.29 is 18.6 Å². The Kier molecular flexibility index (Phi) is 3.46. The van der Waals surface area contributed by atoms with Crippen molar-refractivity contribution >= 4 is 0 Å². The molecule has 0 saturated carbocycles. The molecule has 0 fully saturated rings. The van der Waals surface area contributed by atoms with Gasteiger partial charge in [-0.05, 0) is 12.1 Å². The fraction of sp³-hybridized carbons (Fsp3) is 0.143. The van der Waals surface area contributed by atoms with Crippen LogP contribution in [0.5, 0.6) is 11.5 Å². The number of rotatable bonds is 4. The summed E-state index contributed by atoms with van der Waals surface area (Å²) >= 11 is 0. The molecule has 2 aromatic carbocycles. The minimum atomic E-state index is -3.09. The van der Waals surface area contributed by atoms with Crippen LogP contribution in [0.2, 0.25) is 0 Å². The summed E-state index contributed by atoms with van der Waals surface area (Å²) in [6.07, 6.45) is 0. The van der Waals surface area contributed by atoms with Crippen LogP contribution in [0.25, 0.3) is 0 Å². The lowest BCUT2D eigenvalue weighted by atomic mass is 10.1. The van der Waals surface area contributed by atoms with E-state index in [-0.39, 0.29) is 17.1 Å². The molecule has 18 heavy (non-hydrogen) atoms. The van der Waals surface area contributed by atoms with E-state index in [2.05, 4.69) is 0 Å². The molecule has 0 bridgehead atoms. The molecule has 0 amide bonds. The van der Waals surface area contributed by atoms with E-state index in [9.17, 15) is 13.9 Å². The predicted octanol–water partition coefficient (Wildman–Crippen LogP) is 3.56. The molecule has 2 aromatic rings. The maximum Gasteiger partial charge on any atom is 0.306 e. The van der Waals surface area contributed by atoms with Crippen molar-refractivity contribution in [2.24, 2.45) is 0 Å². The Morgan fingerprint density at radius 3 is 2.22 bits per heavy atom. The number of aromatic hydroxyl groups is 1. The Labute approximate surface area is 103 Å². The molecule has 0 aliphatic heterocycles. The fourth-order valence-corrected chi connectivity index (χ4v) is 1.51. The lowest BCUT2D eigenvalue weighted by molar-refractivity contribution is -0.0471. The third-order valence-corrected chi connectivity index (χ3v) is 2.47. The fourth-order valence-electron chi connectivity index (χ4n) is 1.51. The second-order valence-electron chi connectivity index (χ2n) is 3.83. The third kappa shape index (κ3) is 2.77. The largest absolute Gasteiger partial charge is 0.504 e. The topological polar surface area (TPSA) is 29.5 Å². The summed E-state index contributed by atoms with van der Waals surface area (Å²) in [7, 11) is 0. The number of benzene rings is 2. The summed E-state index contributed by atoms with van der Waals surface area (Å²) < 4.78 is 32.5. The van der Waals surface area contributed by atoms with Gasteiger partial charge in [-0.2, -0.15) is 8.78 Å². The number of hydrogen-bond donors (Lipinski definition) is 1. The van der Waals surface area contributed by atoms with E-state index in [1.807, 2.05) is 0 Å². The van der Waals surface area contributed by atoms with Gasteiger partial charge in [0.05, 0.1) is 0 Å². The zero-order valence-corrected chi connectivity index (χ0v) is 9.51. The third-order valence-electron chi connectivity index (χ3n) is 2.47. The van der Waals surface area contributed by atoms with Gasteiger partial charge in [-0.3, -0.25) is 0 Å². The Morgan fingerprint density at radius 2 is 1.56 bits per heavy atom. The predicted molar refractivity (Wildman–Crippen MR) is 63.9 cm³/mol. The van der Waals surface area contributed by atoms with Crippen LogP contribution in [0.4, 0.5) is 8.78 Å². The van der Waals surface area contributed by atoms with Gasteiger partial charge in [-0.1, -0.05) is 42.5 Å². The highest BCUT2D eigenvalue weighted by atomic mass is 19.3. The maximum absolute atomic E-state index is 13.8. The molecule has 0 aromatic heterocycles. The Morgan fingerprint density at radius 1 is 0.944 bits per heavy atom. The summed E-state index contributed by atoms with van der Waals surface area (Å²) in [5.41, 5.74) is -0.111. The van der Waals surface area contributed by atoms with Crippen LogP contribution in [0.1, 0.15) is 5.56 Å². The van der Waals surface area contributed by atoms with Gasteiger partial charge in [0.25, 0.3) is 0 Å². The first kappa shape index (κ1) is 12.4. The van der Waals surface area contributed by atoms with Gasteiger partial charge in [0.2, 0.25) is 0 Å². The SMILES string of the molecule is Oc1ccccc1OCC(F)(F)c1ccccc1. The number of alkyl halides is 2. The average molecular weight is 250 g/mol. The highest BCUT2D eigenvalue weighted by Gasteiger charge is 2.32. The number of ether oxygens (including phenoxy) is 1. The van der Waals surface area contributed by atoms with Crippen LogP contribution in [0, 0.1) is 0 Å². The molecule has 0 saturated heterocycles. The molecule has 2 nitrogen and oxygen atoms in total. The van der Waals surface area contributed by atoms with Crippen LogP contribution in [0.3, 0.4) is 0 Å². The minimum absolute atomic E-state index is 0.0492. The Bertz CT molecular complexity index is 512. The smallest absolute Gasteiger partial charge is 0.306 e. The number of phenols is 1. The van der Waals surface area contributed by atoms with E-state index in [4.69, 9.17) is 4.74 Å². The first-order valence-corrected chi connectivity index (χ1v) is 5.44. The zero-order chi connectivity index (χ0) is 13.0. The highest BCUT2D eigenvalue weighted by Crippen LogP contribution is 2.31. The number of phenolic OH excluding ortho intramolecular Hbond substituents is 1. The Hall–Kier alpha value is -2.10. The molecule has 0 aliphatic rings.